The summed E-state index contributed by atoms with van der Waals surface area (Å²) in [5.74, 6) is 0. The van der Waals surface area contributed by atoms with Crippen molar-refractivity contribution in [1.29, 1.82) is 0 Å². The van der Waals surface area contributed by atoms with E-state index in [1.807, 2.05) is 34.6 Å². The molecule has 90 valence electrons. The Morgan fingerprint density at radius 1 is 1.27 bits per heavy atom. The van der Waals surface area contributed by atoms with Gasteiger partial charge in [0.15, 0.2) is 0 Å². The Kier molecular flexibility index (Phi) is 6.32. The van der Waals surface area contributed by atoms with Crippen molar-refractivity contribution in [2.45, 2.75) is 53.1 Å². The van der Waals surface area contributed by atoms with Gasteiger partial charge in [-0.25, -0.2) is 15.2 Å². The molecule has 15 heavy (non-hydrogen) atoms. The molecule has 1 fully saturated rings. The monoisotopic (exact) mass is 216 g/mol. The Labute approximate surface area is 92.9 Å². The summed E-state index contributed by atoms with van der Waals surface area (Å²) in [4.78, 5) is 11.5. The van der Waals surface area contributed by atoms with E-state index in [1.54, 1.807) is 5.01 Å². The highest BCUT2D eigenvalue weighted by molar-refractivity contribution is 5.67. The van der Waals surface area contributed by atoms with Crippen LogP contribution in [0.5, 0.6) is 0 Å². The van der Waals surface area contributed by atoms with Gasteiger partial charge in [-0.3, -0.25) is 0 Å². The van der Waals surface area contributed by atoms with Gasteiger partial charge in [-0.05, 0) is 33.6 Å². The summed E-state index contributed by atoms with van der Waals surface area (Å²) in [5.41, 5.74) is 2.59. The third kappa shape index (κ3) is 6.33. The van der Waals surface area contributed by atoms with Gasteiger partial charge in [0, 0.05) is 13.1 Å². The minimum Gasteiger partial charge on any atom is -0.443 e. The van der Waals surface area contributed by atoms with E-state index in [2.05, 4.69) is 5.43 Å². The van der Waals surface area contributed by atoms with Crippen LogP contribution in [0.25, 0.3) is 0 Å². The molecule has 0 aliphatic carbocycles. The summed E-state index contributed by atoms with van der Waals surface area (Å²) in [7, 11) is 0. The zero-order valence-electron chi connectivity index (χ0n) is 10.6. The molecule has 1 heterocycles. The second kappa shape index (κ2) is 6.67. The van der Waals surface area contributed by atoms with Crippen molar-refractivity contribution in [3.63, 3.8) is 0 Å². The SMILES string of the molecule is CC.CC(C)(C)OC(=O)N1CCCCN1. The van der Waals surface area contributed by atoms with Gasteiger partial charge < -0.3 is 4.74 Å². The van der Waals surface area contributed by atoms with Crippen LogP contribution in [-0.2, 0) is 4.74 Å². The lowest BCUT2D eigenvalue weighted by Gasteiger charge is -2.30. The molecule has 4 heteroatoms. The highest BCUT2D eigenvalue weighted by Crippen LogP contribution is 2.10. The number of ether oxygens (including phenoxy) is 1. The van der Waals surface area contributed by atoms with Crippen molar-refractivity contribution < 1.29 is 9.53 Å². The topological polar surface area (TPSA) is 41.6 Å². The van der Waals surface area contributed by atoms with E-state index in [1.165, 1.54) is 0 Å². The van der Waals surface area contributed by atoms with Crippen LogP contribution in [-0.4, -0.2) is 29.8 Å². The number of amides is 1. The molecule has 4 nitrogen and oxygen atoms in total. The molecule has 0 bridgehead atoms. The molecular weight excluding hydrogens is 192 g/mol. The number of carbonyl (C=O) groups is 1. The summed E-state index contributed by atoms with van der Waals surface area (Å²) in [6, 6.07) is 0. The zero-order valence-corrected chi connectivity index (χ0v) is 10.6. The van der Waals surface area contributed by atoms with Crippen LogP contribution in [0.1, 0.15) is 47.5 Å². The zero-order chi connectivity index (χ0) is 11.9. The molecule has 1 amide bonds. The van der Waals surface area contributed by atoms with Crippen LogP contribution >= 0.6 is 0 Å². The van der Waals surface area contributed by atoms with E-state index >= 15 is 0 Å². The lowest BCUT2D eigenvalue weighted by atomic mass is 10.2. The van der Waals surface area contributed by atoms with Crippen LogP contribution in [0.15, 0.2) is 0 Å². The van der Waals surface area contributed by atoms with Crippen molar-refractivity contribution in [1.82, 2.24) is 10.4 Å². The first-order valence-electron chi connectivity index (χ1n) is 5.73. The van der Waals surface area contributed by atoms with Gasteiger partial charge in [0.05, 0.1) is 0 Å². The van der Waals surface area contributed by atoms with Crippen LogP contribution < -0.4 is 5.43 Å². The van der Waals surface area contributed by atoms with Gasteiger partial charge in [-0.1, -0.05) is 13.8 Å². The number of nitrogens with zero attached hydrogens (tertiary/aromatic N) is 1. The molecule has 0 radical (unpaired) electrons. The largest absolute Gasteiger partial charge is 0.443 e. The van der Waals surface area contributed by atoms with Gasteiger partial charge in [0.2, 0.25) is 0 Å². The van der Waals surface area contributed by atoms with E-state index in [0.29, 0.717) is 0 Å². The predicted octanol–water partition coefficient (Wildman–Crippen LogP) is 2.55. The Morgan fingerprint density at radius 3 is 2.27 bits per heavy atom. The van der Waals surface area contributed by atoms with Gasteiger partial charge in [0.1, 0.15) is 5.60 Å². The van der Waals surface area contributed by atoms with Crippen LogP contribution in [0.4, 0.5) is 4.79 Å². The first-order chi connectivity index (χ1) is 6.99. The third-order valence-electron chi connectivity index (χ3n) is 1.73. The van der Waals surface area contributed by atoms with Crippen molar-refractivity contribution in [3.05, 3.63) is 0 Å². The summed E-state index contributed by atoms with van der Waals surface area (Å²) in [6.45, 7) is 11.2. The van der Waals surface area contributed by atoms with Crippen molar-refractivity contribution >= 4 is 6.09 Å². The molecule has 1 N–H and O–H groups in total. The predicted molar refractivity (Wildman–Crippen MR) is 61.5 cm³/mol. The Bertz CT molecular complexity index is 182. The second-order valence-corrected chi connectivity index (χ2v) is 4.25. The van der Waals surface area contributed by atoms with Crippen LogP contribution in [0, 0.1) is 0 Å². The third-order valence-corrected chi connectivity index (χ3v) is 1.73. The maximum absolute atomic E-state index is 11.5. The highest BCUT2D eigenvalue weighted by Gasteiger charge is 2.22. The van der Waals surface area contributed by atoms with Gasteiger partial charge in [0.25, 0.3) is 0 Å². The number of hydrogen-bond donors (Lipinski definition) is 1. The highest BCUT2D eigenvalue weighted by atomic mass is 16.6. The molecule has 1 saturated heterocycles. The molecule has 0 spiro atoms. The fourth-order valence-electron chi connectivity index (χ4n) is 1.16. The Hall–Kier alpha value is -0.770. The number of nitrogens with one attached hydrogen (secondary N) is 1. The molecule has 0 aromatic rings. The van der Waals surface area contributed by atoms with Gasteiger partial charge in [-0.15, -0.1) is 0 Å². The maximum Gasteiger partial charge on any atom is 0.424 e. The van der Waals surface area contributed by atoms with E-state index < -0.39 is 5.60 Å². The molecule has 0 atom stereocenters. The van der Waals surface area contributed by atoms with Crippen LogP contribution in [0.2, 0.25) is 0 Å². The second-order valence-electron chi connectivity index (χ2n) is 4.25. The number of rotatable bonds is 0. The van der Waals surface area contributed by atoms with Gasteiger partial charge in [-0.2, -0.15) is 0 Å². The number of hydrazine groups is 1. The van der Waals surface area contributed by atoms with Crippen LogP contribution in [0.3, 0.4) is 0 Å². The van der Waals surface area contributed by atoms with E-state index in [9.17, 15) is 4.79 Å². The number of carbonyl (C=O) groups excluding carboxylic acids is 1. The molecule has 1 rings (SSSR count). The van der Waals surface area contributed by atoms with Crippen molar-refractivity contribution in [2.24, 2.45) is 0 Å². The first kappa shape index (κ1) is 14.2. The van der Waals surface area contributed by atoms with E-state index in [0.717, 1.165) is 25.9 Å². The molecule has 0 aromatic heterocycles. The standard InChI is InChI=1S/C9H18N2O2.C2H6/c1-9(2,3)13-8(12)11-7-5-4-6-10-11;1-2/h10H,4-7H2,1-3H3;1-2H3. The number of hydrogen-bond acceptors (Lipinski definition) is 3. The van der Waals surface area contributed by atoms with Crippen molar-refractivity contribution in [2.75, 3.05) is 13.1 Å². The molecular formula is C11H24N2O2. The smallest absolute Gasteiger partial charge is 0.424 e. The minimum absolute atomic E-state index is 0.271. The fraction of sp³-hybridized carbons (Fsp3) is 0.909. The Balaban J connectivity index is 0.000000921. The fourth-order valence-corrected chi connectivity index (χ4v) is 1.16. The lowest BCUT2D eigenvalue weighted by molar-refractivity contribution is 0.00899. The summed E-state index contributed by atoms with van der Waals surface area (Å²) < 4.78 is 5.20. The molecule has 0 aromatic carbocycles. The summed E-state index contributed by atoms with van der Waals surface area (Å²) in [5, 5.41) is 1.55. The average Bonchev–Trinajstić information content (AvgIpc) is 2.20. The summed E-state index contributed by atoms with van der Waals surface area (Å²) in [6.07, 6.45) is 1.90. The lowest BCUT2D eigenvalue weighted by Crippen LogP contribution is -2.48. The minimum atomic E-state index is -0.407. The molecule has 0 unspecified atom stereocenters. The van der Waals surface area contributed by atoms with Gasteiger partial charge >= 0.3 is 6.09 Å². The normalized spacial score (nSPS) is 16.5. The molecule has 1 aliphatic rings. The van der Waals surface area contributed by atoms with E-state index in [-0.39, 0.29) is 6.09 Å². The maximum atomic E-state index is 11.5. The molecule has 0 saturated carbocycles. The van der Waals surface area contributed by atoms with E-state index in [4.69, 9.17) is 4.74 Å². The first-order valence-corrected chi connectivity index (χ1v) is 5.73. The van der Waals surface area contributed by atoms with Crippen molar-refractivity contribution in [3.8, 4) is 0 Å². The summed E-state index contributed by atoms with van der Waals surface area (Å²) >= 11 is 0. The quantitative estimate of drug-likeness (QED) is 0.676. The molecule has 1 aliphatic heterocycles. The average molecular weight is 216 g/mol. The Morgan fingerprint density at radius 2 is 1.87 bits per heavy atom.